The van der Waals surface area contributed by atoms with Gasteiger partial charge in [0.1, 0.15) is 11.5 Å². The minimum Gasteiger partial charge on any atom is -0.461 e. The highest BCUT2D eigenvalue weighted by molar-refractivity contribution is 5.94. The fourth-order valence-corrected chi connectivity index (χ4v) is 3.68. The maximum absolute atomic E-state index is 13.7. The van der Waals surface area contributed by atoms with Crippen LogP contribution in [0.4, 0.5) is 4.39 Å². The van der Waals surface area contributed by atoms with E-state index in [4.69, 9.17) is 9.47 Å². The number of aromatic amines is 1. The summed E-state index contributed by atoms with van der Waals surface area (Å²) in [6.45, 7) is 7.13. The first-order chi connectivity index (χ1) is 13.9. The molecule has 2 aromatic rings. The molecule has 0 radical (unpaired) electrons. The molecule has 0 spiro atoms. The van der Waals surface area contributed by atoms with Gasteiger partial charge in [-0.15, -0.1) is 0 Å². The summed E-state index contributed by atoms with van der Waals surface area (Å²) < 4.78 is 24.5. The fraction of sp³-hybridized carbons (Fsp3) is 0.455. The molecule has 1 atom stereocenters. The smallest absolute Gasteiger partial charge is 0.355 e. The van der Waals surface area contributed by atoms with Gasteiger partial charge in [-0.3, -0.25) is 4.79 Å². The van der Waals surface area contributed by atoms with Crippen molar-refractivity contribution < 1.29 is 23.5 Å². The molecule has 0 aliphatic carbocycles. The number of nitrogens with one attached hydrogen (secondary N) is 1. The predicted molar refractivity (Wildman–Crippen MR) is 106 cm³/mol. The molecular formula is C22H27FN2O4. The van der Waals surface area contributed by atoms with Crippen LogP contribution in [-0.2, 0) is 16.0 Å². The molecule has 1 aliphatic heterocycles. The van der Waals surface area contributed by atoms with E-state index in [9.17, 15) is 14.0 Å². The molecule has 1 N–H and O–H groups in total. The van der Waals surface area contributed by atoms with Gasteiger partial charge in [-0.1, -0.05) is 6.07 Å². The molecule has 1 fully saturated rings. The number of nitrogens with zero attached hydrogens (tertiary/aromatic N) is 1. The fourth-order valence-electron chi connectivity index (χ4n) is 3.68. The molecule has 2 heterocycles. The number of H-pyrrole nitrogens is 1. The molecule has 0 saturated carbocycles. The molecule has 7 heteroatoms. The summed E-state index contributed by atoms with van der Waals surface area (Å²) in [4.78, 5) is 30.1. The van der Waals surface area contributed by atoms with Gasteiger partial charge < -0.3 is 19.4 Å². The molecule has 1 amide bonds. The minimum absolute atomic E-state index is 0.0448. The van der Waals surface area contributed by atoms with Gasteiger partial charge in [0.25, 0.3) is 5.91 Å². The topological polar surface area (TPSA) is 71.6 Å². The average Bonchev–Trinajstić information content (AvgIpc) is 3.30. The Labute approximate surface area is 170 Å². The number of carbonyl (C=O) groups excluding carboxylic acids is 2. The van der Waals surface area contributed by atoms with Crippen LogP contribution in [0.25, 0.3) is 0 Å². The highest BCUT2D eigenvalue weighted by Gasteiger charge is 2.27. The lowest BCUT2D eigenvalue weighted by Crippen LogP contribution is -2.37. The van der Waals surface area contributed by atoms with Gasteiger partial charge >= 0.3 is 5.97 Å². The summed E-state index contributed by atoms with van der Waals surface area (Å²) in [5.41, 5.74) is 3.10. The number of aromatic nitrogens is 1. The van der Waals surface area contributed by atoms with E-state index in [1.807, 2.05) is 13.8 Å². The summed E-state index contributed by atoms with van der Waals surface area (Å²) in [6.07, 6.45) is 1.80. The molecule has 29 heavy (non-hydrogen) atoms. The molecule has 156 valence electrons. The number of rotatable bonds is 7. The highest BCUT2D eigenvalue weighted by Crippen LogP contribution is 2.23. The Balaban J connectivity index is 1.89. The van der Waals surface area contributed by atoms with Crippen molar-refractivity contribution in [3.05, 3.63) is 58.2 Å². The van der Waals surface area contributed by atoms with Gasteiger partial charge in [0.2, 0.25) is 0 Å². The average molecular weight is 402 g/mol. The lowest BCUT2D eigenvalue weighted by atomic mass is 10.1. The molecule has 3 rings (SSSR count). The Morgan fingerprint density at radius 3 is 2.79 bits per heavy atom. The van der Waals surface area contributed by atoms with Crippen LogP contribution in [0.3, 0.4) is 0 Å². The van der Waals surface area contributed by atoms with Gasteiger partial charge in [-0.25, -0.2) is 9.18 Å². The predicted octanol–water partition coefficient (Wildman–Crippen LogP) is 3.77. The Kier molecular flexibility index (Phi) is 6.69. The highest BCUT2D eigenvalue weighted by atomic mass is 19.1. The zero-order valence-corrected chi connectivity index (χ0v) is 17.1. The number of carbonyl (C=O) groups is 2. The summed E-state index contributed by atoms with van der Waals surface area (Å²) in [7, 11) is 0. The van der Waals surface area contributed by atoms with Crippen molar-refractivity contribution >= 4 is 11.9 Å². The molecular weight excluding hydrogens is 375 g/mol. The number of esters is 1. The van der Waals surface area contributed by atoms with Crippen LogP contribution in [0.5, 0.6) is 0 Å². The zero-order valence-electron chi connectivity index (χ0n) is 17.1. The van der Waals surface area contributed by atoms with E-state index >= 15 is 0 Å². The molecule has 1 aromatic heterocycles. The summed E-state index contributed by atoms with van der Waals surface area (Å²) in [5, 5.41) is 0. The molecule has 1 saturated heterocycles. The normalized spacial score (nSPS) is 16.1. The Morgan fingerprint density at radius 1 is 1.34 bits per heavy atom. The second kappa shape index (κ2) is 9.22. The van der Waals surface area contributed by atoms with E-state index in [0.717, 1.165) is 29.7 Å². The van der Waals surface area contributed by atoms with E-state index in [2.05, 4.69) is 4.98 Å². The van der Waals surface area contributed by atoms with Crippen molar-refractivity contribution in [3.8, 4) is 0 Å². The first-order valence-corrected chi connectivity index (χ1v) is 9.92. The van der Waals surface area contributed by atoms with Crippen LogP contribution in [0.1, 0.15) is 57.4 Å². The maximum atomic E-state index is 13.7. The first-order valence-electron chi connectivity index (χ1n) is 9.92. The van der Waals surface area contributed by atoms with E-state index in [-0.39, 0.29) is 18.6 Å². The van der Waals surface area contributed by atoms with Gasteiger partial charge in [-0.2, -0.15) is 0 Å². The lowest BCUT2D eigenvalue weighted by molar-refractivity contribution is 0.0506. The number of halogens is 1. The maximum Gasteiger partial charge on any atom is 0.355 e. The Morgan fingerprint density at radius 2 is 2.14 bits per heavy atom. The van der Waals surface area contributed by atoms with Crippen molar-refractivity contribution in [3.63, 3.8) is 0 Å². The molecule has 1 aromatic carbocycles. The molecule has 6 nitrogen and oxygen atoms in total. The molecule has 0 bridgehead atoms. The van der Waals surface area contributed by atoms with E-state index in [1.54, 1.807) is 17.9 Å². The van der Waals surface area contributed by atoms with E-state index < -0.39 is 11.8 Å². The lowest BCUT2D eigenvalue weighted by Gasteiger charge is -2.26. The Hall–Kier alpha value is -2.67. The van der Waals surface area contributed by atoms with Crippen LogP contribution < -0.4 is 0 Å². The van der Waals surface area contributed by atoms with Gasteiger partial charge in [0.15, 0.2) is 0 Å². The van der Waals surface area contributed by atoms with Gasteiger partial charge in [0, 0.05) is 31.0 Å². The number of ether oxygens (including phenoxy) is 2. The number of benzene rings is 1. The van der Waals surface area contributed by atoms with Crippen molar-refractivity contribution in [2.75, 3.05) is 19.8 Å². The van der Waals surface area contributed by atoms with Crippen LogP contribution >= 0.6 is 0 Å². The number of aryl methyl sites for hydroxylation is 1. The second-order valence-corrected chi connectivity index (χ2v) is 7.28. The minimum atomic E-state index is -0.452. The third-order valence-electron chi connectivity index (χ3n) is 5.23. The SMILES string of the molecule is CCOC(=O)c1[nH]c(C)c(CN(C[C@@H]2CCCO2)C(=O)c2cccc(F)c2)c1C. The molecule has 1 aliphatic rings. The van der Waals surface area contributed by atoms with Crippen molar-refractivity contribution in [2.45, 2.75) is 46.3 Å². The van der Waals surface area contributed by atoms with E-state index in [1.165, 1.54) is 18.2 Å². The summed E-state index contributed by atoms with van der Waals surface area (Å²) in [5.74, 6) is -1.13. The number of hydrogen-bond donors (Lipinski definition) is 1. The Bertz CT molecular complexity index is 887. The zero-order chi connectivity index (χ0) is 21.0. The van der Waals surface area contributed by atoms with Crippen molar-refractivity contribution in [2.24, 2.45) is 0 Å². The van der Waals surface area contributed by atoms with Crippen molar-refractivity contribution in [1.29, 1.82) is 0 Å². The standard InChI is InChI=1S/C22H27FN2O4/c1-4-28-22(27)20-14(2)19(15(3)24-20)13-25(12-18-9-6-10-29-18)21(26)16-7-5-8-17(23)11-16/h5,7-8,11,18,24H,4,6,9-10,12-13H2,1-3H3/t18-/m0/s1. The second-order valence-electron chi connectivity index (χ2n) is 7.28. The van der Waals surface area contributed by atoms with E-state index in [0.29, 0.717) is 31.0 Å². The summed E-state index contributed by atoms with van der Waals surface area (Å²) in [6, 6.07) is 5.69. The van der Waals surface area contributed by atoms with Crippen LogP contribution in [0.15, 0.2) is 24.3 Å². The van der Waals surface area contributed by atoms with Crippen LogP contribution in [-0.4, -0.2) is 47.6 Å². The monoisotopic (exact) mass is 402 g/mol. The largest absolute Gasteiger partial charge is 0.461 e. The number of amides is 1. The quantitative estimate of drug-likeness (QED) is 0.716. The van der Waals surface area contributed by atoms with Crippen LogP contribution in [0.2, 0.25) is 0 Å². The summed E-state index contributed by atoms with van der Waals surface area (Å²) >= 11 is 0. The first kappa shape index (κ1) is 21.0. The number of hydrogen-bond acceptors (Lipinski definition) is 4. The third-order valence-corrected chi connectivity index (χ3v) is 5.23. The van der Waals surface area contributed by atoms with Crippen LogP contribution in [0, 0.1) is 19.7 Å². The van der Waals surface area contributed by atoms with Crippen molar-refractivity contribution in [1.82, 2.24) is 9.88 Å². The third kappa shape index (κ3) is 4.85. The van der Waals surface area contributed by atoms with Gasteiger partial charge in [0.05, 0.1) is 12.7 Å². The molecule has 0 unspecified atom stereocenters. The van der Waals surface area contributed by atoms with Gasteiger partial charge in [-0.05, 0) is 62.9 Å².